The average molecular weight is 385 g/mol. The summed E-state index contributed by atoms with van der Waals surface area (Å²) in [5.41, 5.74) is 3.89. The van der Waals surface area contributed by atoms with Gasteiger partial charge in [-0.2, -0.15) is 0 Å². The lowest BCUT2D eigenvalue weighted by atomic mass is 10.2. The lowest BCUT2D eigenvalue weighted by Gasteiger charge is -2.09. The van der Waals surface area contributed by atoms with Crippen molar-refractivity contribution >= 4 is 41.0 Å². The Morgan fingerprint density at radius 1 is 1.00 bits per heavy atom. The molecule has 2 N–H and O–H groups in total. The summed E-state index contributed by atoms with van der Waals surface area (Å²) in [6, 6.07) is 9.34. The van der Waals surface area contributed by atoms with E-state index in [4.69, 9.17) is 27.9 Å². The van der Waals surface area contributed by atoms with Gasteiger partial charge in [0.2, 0.25) is 0 Å². The number of ether oxygens (including phenoxy) is 1. The molecule has 6 nitrogen and oxygen atoms in total. The smallest absolute Gasteiger partial charge is 0.338 e. The lowest BCUT2D eigenvalue weighted by molar-refractivity contribution is -0.125. The molecular weight excluding hydrogens is 374 g/mol. The van der Waals surface area contributed by atoms with Gasteiger partial charge in [-0.3, -0.25) is 20.4 Å². The van der Waals surface area contributed by atoms with Gasteiger partial charge in [-0.25, -0.2) is 9.18 Å². The predicted octanol–water partition coefficient (Wildman–Crippen LogP) is 2.75. The van der Waals surface area contributed by atoms with Crippen LogP contribution in [0.25, 0.3) is 0 Å². The van der Waals surface area contributed by atoms with E-state index >= 15 is 0 Å². The Morgan fingerprint density at radius 2 is 1.72 bits per heavy atom. The van der Waals surface area contributed by atoms with Crippen LogP contribution >= 0.6 is 23.2 Å². The molecule has 0 aromatic heterocycles. The Labute approximate surface area is 151 Å². The largest absolute Gasteiger partial charge is 0.452 e. The Bertz CT molecular complexity index is 830. The fourth-order valence-corrected chi connectivity index (χ4v) is 2.01. The maximum atomic E-state index is 13.4. The van der Waals surface area contributed by atoms with E-state index in [1.807, 2.05) is 10.9 Å². The van der Waals surface area contributed by atoms with Gasteiger partial charge in [-0.1, -0.05) is 35.3 Å². The predicted molar refractivity (Wildman–Crippen MR) is 88.8 cm³/mol. The van der Waals surface area contributed by atoms with Gasteiger partial charge in [0.05, 0.1) is 21.2 Å². The van der Waals surface area contributed by atoms with Gasteiger partial charge in [-0.15, -0.1) is 0 Å². The Morgan fingerprint density at radius 3 is 2.40 bits per heavy atom. The fraction of sp³-hybridized carbons (Fsp3) is 0.0625. The molecule has 0 aliphatic rings. The van der Waals surface area contributed by atoms with Crippen LogP contribution in [0.2, 0.25) is 10.0 Å². The first-order valence-electron chi connectivity index (χ1n) is 6.84. The molecule has 2 amide bonds. The number of carbonyl (C=O) groups is 3. The minimum Gasteiger partial charge on any atom is -0.452 e. The molecule has 0 aliphatic carbocycles. The van der Waals surface area contributed by atoms with Crippen molar-refractivity contribution in [1.82, 2.24) is 10.9 Å². The monoisotopic (exact) mass is 384 g/mol. The molecule has 0 radical (unpaired) electrons. The van der Waals surface area contributed by atoms with Crippen molar-refractivity contribution in [2.24, 2.45) is 0 Å². The molecule has 0 spiro atoms. The van der Waals surface area contributed by atoms with E-state index in [1.54, 1.807) is 0 Å². The van der Waals surface area contributed by atoms with E-state index in [1.165, 1.54) is 36.4 Å². The number of carbonyl (C=O) groups excluding carboxylic acids is 3. The highest BCUT2D eigenvalue weighted by Gasteiger charge is 2.14. The van der Waals surface area contributed by atoms with Crippen molar-refractivity contribution in [3.05, 3.63) is 69.5 Å². The van der Waals surface area contributed by atoms with Crippen molar-refractivity contribution in [2.45, 2.75) is 0 Å². The van der Waals surface area contributed by atoms with Crippen molar-refractivity contribution in [2.75, 3.05) is 6.61 Å². The van der Waals surface area contributed by atoms with Crippen LogP contribution in [-0.4, -0.2) is 24.4 Å². The summed E-state index contributed by atoms with van der Waals surface area (Å²) in [5.74, 6) is -3.19. The molecule has 2 aromatic carbocycles. The van der Waals surface area contributed by atoms with E-state index in [2.05, 4.69) is 0 Å². The summed E-state index contributed by atoms with van der Waals surface area (Å²) in [6.45, 7) is -0.656. The van der Waals surface area contributed by atoms with E-state index in [-0.39, 0.29) is 21.2 Å². The molecule has 0 fully saturated rings. The summed E-state index contributed by atoms with van der Waals surface area (Å²) in [5, 5.41) is 0.435. The van der Waals surface area contributed by atoms with Gasteiger partial charge in [0.1, 0.15) is 5.82 Å². The number of amides is 2. The number of esters is 1. The number of hydrogen-bond acceptors (Lipinski definition) is 4. The molecule has 25 heavy (non-hydrogen) atoms. The molecule has 0 bridgehead atoms. The van der Waals surface area contributed by atoms with Crippen LogP contribution in [0.4, 0.5) is 4.39 Å². The Kier molecular flexibility index (Phi) is 6.32. The second-order valence-corrected chi connectivity index (χ2v) is 5.50. The Hall–Kier alpha value is -2.64. The van der Waals surface area contributed by atoms with Crippen LogP contribution in [0.5, 0.6) is 0 Å². The van der Waals surface area contributed by atoms with Gasteiger partial charge < -0.3 is 4.74 Å². The van der Waals surface area contributed by atoms with Crippen molar-refractivity contribution in [3.8, 4) is 0 Å². The lowest BCUT2D eigenvalue weighted by Crippen LogP contribution is -2.43. The minimum absolute atomic E-state index is 0.109. The second kappa shape index (κ2) is 8.46. The molecule has 0 aliphatic heterocycles. The van der Waals surface area contributed by atoms with Gasteiger partial charge in [0.25, 0.3) is 11.8 Å². The van der Waals surface area contributed by atoms with E-state index < -0.39 is 30.2 Å². The molecule has 9 heteroatoms. The number of hydrogen-bond donors (Lipinski definition) is 2. The highest BCUT2D eigenvalue weighted by molar-refractivity contribution is 6.42. The van der Waals surface area contributed by atoms with Crippen LogP contribution in [-0.2, 0) is 9.53 Å². The zero-order valence-corrected chi connectivity index (χ0v) is 14.0. The third kappa shape index (κ3) is 5.17. The normalized spacial score (nSPS) is 10.0. The quantitative estimate of drug-likeness (QED) is 0.626. The number of hydrazine groups is 1. The molecule has 130 valence electrons. The standard InChI is InChI=1S/C16H11Cl2FN2O4/c17-11-6-5-9(7-12(11)18)16(24)25-8-14(22)20-21-15(23)10-3-1-2-4-13(10)19/h1-7H,8H2,(H,20,22)(H,21,23). The summed E-state index contributed by atoms with van der Waals surface area (Å²) >= 11 is 11.5. The average Bonchev–Trinajstić information content (AvgIpc) is 2.60. The topological polar surface area (TPSA) is 84.5 Å². The van der Waals surface area contributed by atoms with Crippen LogP contribution in [0.1, 0.15) is 20.7 Å². The molecular formula is C16H11Cl2FN2O4. The summed E-state index contributed by atoms with van der Waals surface area (Å²) in [7, 11) is 0. The Balaban J connectivity index is 1.82. The first kappa shape index (κ1) is 18.7. The van der Waals surface area contributed by atoms with Gasteiger partial charge >= 0.3 is 5.97 Å². The maximum Gasteiger partial charge on any atom is 0.338 e. The molecule has 0 heterocycles. The van der Waals surface area contributed by atoms with Crippen molar-refractivity contribution in [1.29, 1.82) is 0 Å². The summed E-state index contributed by atoms with van der Waals surface area (Å²) in [6.07, 6.45) is 0. The zero-order valence-electron chi connectivity index (χ0n) is 12.5. The highest BCUT2D eigenvalue weighted by Crippen LogP contribution is 2.22. The number of halogens is 3. The fourth-order valence-electron chi connectivity index (χ4n) is 1.71. The number of rotatable bonds is 4. The second-order valence-electron chi connectivity index (χ2n) is 4.69. The SMILES string of the molecule is O=C(COC(=O)c1ccc(Cl)c(Cl)c1)NNC(=O)c1ccccc1F. The molecule has 0 unspecified atom stereocenters. The van der Waals surface area contributed by atoms with Gasteiger partial charge in [0, 0.05) is 0 Å². The number of nitrogens with one attached hydrogen (secondary N) is 2. The molecule has 2 aromatic rings. The van der Waals surface area contributed by atoms with Crippen molar-refractivity contribution < 1.29 is 23.5 Å². The van der Waals surface area contributed by atoms with E-state index in [0.717, 1.165) is 6.07 Å². The molecule has 0 saturated heterocycles. The summed E-state index contributed by atoms with van der Waals surface area (Å²) < 4.78 is 18.2. The highest BCUT2D eigenvalue weighted by atomic mass is 35.5. The third-order valence-corrected chi connectivity index (χ3v) is 3.66. The summed E-state index contributed by atoms with van der Waals surface area (Å²) in [4.78, 5) is 35.1. The van der Waals surface area contributed by atoms with Gasteiger partial charge in [-0.05, 0) is 30.3 Å². The van der Waals surface area contributed by atoms with E-state index in [0.29, 0.717) is 0 Å². The van der Waals surface area contributed by atoms with Crippen LogP contribution < -0.4 is 10.9 Å². The minimum atomic E-state index is -0.845. The zero-order chi connectivity index (χ0) is 18.4. The number of benzene rings is 2. The van der Waals surface area contributed by atoms with Crippen molar-refractivity contribution in [3.63, 3.8) is 0 Å². The molecule has 2 rings (SSSR count). The first-order valence-corrected chi connectivity index (χ1v) is 7.60. The van der Waals surface area contributed by atoms with E-state index in [9.17, 15) is 18.8 Å². The third-order valence-electron chi connectivity index (χ3n) is 2.92. The van der Waals surface area contributed by atoms with Crippen LogP contribution in [0.3, 0.4) is 0 Å². The maximum absolute atomic E-state index is 13.4. The molecule has 0 atom stereocenters. The van der Waals surface area contributed by atoms with Crippen LogP contribution in [0.15, 0.2) is 42.5 Å². The van der Waals surface area contributed by atoms with Crippen LogP contribution in [0, 0.1) is 5.82 Å². The first-order chi connectivity index (χ1) is 11.9. The molecule has 0 saturated carbocycles. The van der Waals surface area contributed by atoms with Gasteiger partial charge in [0.15, 0.2) is 6.61 Å².